The van der Waals surface area contributed by atoms with E-state index in [0.29, 0.717) is 12.6 Å². The quantitative estimate of drug-likeness (QED) is 0.794. The number of carbonyl (C=O) groups excluding carboxylic acids is 1. The standard InChI is InChI=1S/C19H26N2O/c1-6-16-9-7-8-10-18(16)20-12-19(22)17-11-14(4)21(13(2)3)15(17)5/h7-11,13,20H,6,12H2,1-5H3. The Balaban J connectivity index is 2.15. The summed E-state index contributed by atoms with van der Waals surface area (Å²) in [5.74, 6) is 0.144. The minimum atomic E-state index is 0.144. The van der Waals surface area contributed by atoms with Crippen LogP contribution in [-0.4, -0.2) is 16.9 Å². The summed E-state index contributed by atoms with van der Waals surface area (Å²) in [7, 11) is 0. The monoisotopic (exact) mass is 298 g/mol. The highest BCUT2D eigenvalue weighted by Gasteiger charge is 2.17. The Morgan fingerprint density at radius 3 is 2.50 bits per heavy atom. The molecule has 0 fully saturated rings. The Bertz CT molecular complexity index is 668. The first kappa shape index (κ1) is 16.3. The lowest BCUT2D eigenvalue weighted by molar-refractivity contribution is 0.101. The number of para-hydroxylation sites is 1. The molecule has 1 N–H and O–H groups in total. The van der Waals surface area contributed by atoms with Crippen molar-refractivity contribution in [3.8, 4) is 0 Å². The minimum absolute atomic E-state index is 0.144. The molecule has 0 aliphatic rings. The summed E-state index contributed by atoms with van der Waals surface area (Å²) < 4.78 is 2.22. The lowest BCUT2D eigenvalue weighted by atomic mass is 10.1. The molecular formula is C19H26N2O. The third-order valence-electron chi connectivity index (χ3n) is 4.14. The molecule has 3 nitrogen and oxygen atoms in total. The Kier molecular flexibility index (Phi) is 5.07. The largest absolute Gasteiger partial charge is 0.377 e. The van der Waals surface area contributed by atoms with E-state index in [1.54, 1.807) is 0 Å². The number of carbonyl (C=O) groups is 1. The third-order valence-corrected chi connectivity index (χ3v) is 4.14. The van der Waals surface area contributed by atoms with E-state index in [2.05, 4.69) is 43.6 Å². The fraction of sp³-hybridized carbons (Fsp3) is 0.421. The van der Waals surface area contributed by atoms with Crippen molar-refractivity contribution >= 4 is 11.5 Å². The molecule has 0 bridgehead atoms. The molecule has 0 atom stereocenters. The van der Waals surface area contributed by atoms with E-state index in [1.165, 1.54) is 5.56 Å². The number of hydrogen-bond donors (Lipinski definition) is 1. The first-order valence-electron chi connectivity index (χ1n) is 7.99. The van der Waals surface area contributed by atoms with Gasteiger partial charge in [-0.25, -0.2) is 0 Å². The zero-order chi connectivity index (χ0) is 16.3. The molecule has 0 spiro atoms. The van der Waals surface area contributed by atoms with Crippen LogP contribution < -0.4 is 5.32 Å². The predicted molar refractivity (Wildman–Crippen MR) is 92.9 cm³/mol. The summed E-state index contributed by atoms with van der Waals surface area (Å²) >= 11 is 0. The molecule has 118 valence electrons. The number of rotatable bonds is 6. The molecule has 2 aromatic rings. The Labute approximate surface area is 133 Å². The van der Waals surface area contributed by atoms with Gasteiger partial charge < -0.3 is 9.88 Å². The molecule has 1 heterocycles. The van der Waals surface area contributed by atoms with Crippen LogP contribution in [0.25, 0.3) is 0 Å². The van der Waals surface area contributed by atoms with Gasteiger partial charge in [0, 0.05) is 28.7 Å². The molecule has 1 aromatic carbocycles. The van der Waals surface area contributed by atoms with Gasteiger partial charge in [0.2, 0.25) is 0 Å². The number of benzene rings is 1. The van der Waals surface area contributed by atoms with Crippen molar-refractivity contribution in [3.63, 3.8) is 0 Å². The Hall–Kier alpha value is -2.03. The second-order valence-electron chi connectivity index (χ2n) is 6.04. The van der Waals surface area contributed by atoms with Crippen molar-refractivity contribution in [3.05, 3.63) is 52.8 Å². The maximum absolute atomic E-state index is 12.6. The van der Waals surface area contributed by atoms with Gasteiger partial charge in [-0.15, -0.1) is 0 Å². The molecule has 0 radical (unpaired) electrons. The summed E-state index contributed by atoms with van der Waals surface area (Å²) in [6.45, 7) is 10.8. The molecule has 2 rings (SSSR count). The second kappa shape index (κ2) is 6.82. The fourth-order valence-electron chi connectivity index (χ4n) is 3.13. The van der Waals surface area contributed by atoms with Crippen LogP contribution in [0.15, 0.2) is 30.3 Å². The average molecular weight is 298 g/mol. The summed E-state index contributed by atoms with van der Waals surface area (Å²) in [5, 5.41) is 3.29. The van der Waals surface area contributed by atoms with Crippen LogP contribution in [0, 0.1) is 13.8 Å². The zero-order valence-corrected chi connectivity index (χ0v) is 14.2. The number of Topliss-reactive ketones (excluding diaryl/α,β-unsaturated/α-hetero) is 1. The molecule has 3 heteroatoms. The van der Waals surface area contributed by atoms with Crippen molar-refractivity contribution in [2.45, 2.75) is 47.1 Å². The predicted octanol–water partition coefficient (Wildman–Crippen LogP) is 4.54. The van der Waals surface area contributed by atoms with Crippen LogP contribution in [0.3, 0.4) is 0 Å². The van der Waals surface area contributed by atoms with Crippen LogP contribution in [0.4, 0.5) is 5.69 Å². The molecule has 0 amide bonds. The maximum atomic E-state index is 12.6. The molecular weight excluding hydrogens is 272 g/mol. The highest BCUT2D eigenvalue weighted by molar-refractivity contribution is 6.00. The minimum Gasteiger partial charge on any atom is -0.377 e. The topological polar surface area (TPSA) is 34.0 Å². The molecule has 0 aliphatic heterocycles. The first-order valence-corrected chi connectivity index (χ1v) is 7.99. The van der Waals surface area contributed by atoms with Crippen LogP contribution in [0.1, 0.15) is 54.1 Å². The summed E-state index contributed by atoms with van der Waals surface area (Å²) in [4.78, 5) is 12.6. The van der Waals surface area contributed by atoms with E-state index in [-0.39, 0.29) is 5.78 Å². The van der Waals surface area contributed by atoms with E-state index in [0.717, 1.165) is 29.1 Å². The van der Waals surface area contributed by atoms with Crippen molar-refractivity contribution in [2.75, 3.05) is 11.9 Å². The van der Waals surface area contributed by atoms with E-state index in [4.69, 9.17) is 0 Å². The van der Waals surface area contributed by atoms with Crippen LogP contribution >= 0.6 is 0 Å². The maximum Gasteiger partial charge on any atom is 0.183 e. The van der Waals surface area contributed by atoms with Gasteiger partial charge in [-0.1, -0.05) is 25.1 Å². The van der Waals surface area contributed by atoms with Gasteiger partial charge in [-0.2, -0.15) is 0 Å². The van der Waals surface area contributed by atoms with E-state index < -0.39 is 0 Å². The number of ketones is 1. The van der Waals surface area contributed by atoms with E-state index >= 15 is 0 Å². The normalized spacial score (nSPS) is 11.0. The molecule has 0 saturated heterocycles. The average Bonchev–Trinajstić information content (AvgIpc) is 2.80. The molecule has 0 aliphatic carbocycles. The third kappa shape index (κ3) is 3.24. The number of aromatic nitrogens is 1. The van der Waals surface area contributed by atoms with Gasteiger partial charge >= 0.3 is 0 Å². The molecule has 0 saturated carbocycles. The highest BCUT2D eigenvalue weighted by Crippen LogP contribution is 2.21. The van der Waals surface area contributed by atoms with Crippen molar-refractivity contribution < 1.29 is 4.79 Å². The number of nitrogens with zero attached hydrogens (tertiary/aromatic N) is 1. The van der Waals surface area contributed by atoms with Crippen molar-refractivity contribution in [1.82, 2.24) is 4.57 Å². The molecule has 22 heavy (non-hydrogen) atoms. The SMILES string of the molecule is CCc1ccccc1NCC(=O)c1cc(C)n(C(C)C)c1C. The summed E-state index contributed by atoms with van der Waals surface area (Å²) in [5.41, 5.74) is 5.32. The van der Waals surface area contributed by atoms with Crippen LogP contribution in [0.5, 0.6) is 0 Å². The summed E-state index contributed by atoms with van der Waals surface area (Å²) in [6.07, 6.45) is 0.958. The Morgan fingerprint density at radius 2 is 1.91 bits per heavy atom. The lowest BCUT2D eigenvalue weighted by Crippen LogP contribution is -2.16. The van der Waals surface area contributed by atoms with Crippen molar-refractivity contribution in [1.29, 1.82) is 0 Å². The van der Waals surface area contributed by atoms with Gasteiger partial charge in [0.25, 0.3) is 0 Å². The van der Waals surface area contributed by atoms with Crippen LogP contribution in [-0.2, 0) is 6.42 Å². The number of hydrogen-bond acceptors (Lipinski definition) is 2. The molecule has 0 unspecified atom stereocenters. The van der Waals surface area contributed by atoms with Gasteiger partial charge in [-0.3, -0.25) is 4.79 Å². The molecule has 1 aromatic heterocycles. The smallest absolute Gasteiger partial charge is 0.183 e. The van der Waals surface area contributed by atoms with Crippen molar-refractivity contribution in [2.24, 2.45) is 0 Å². The Morgan fingerprint density at radius 1 is 1.23 bits per heavy atom. The van der Waals surface area contributed by atoms with Gasteiger partial charge in [0.1, 0.15) is 0 Å². The van der Waals surface area contributed by atoms with E-state index in [9.17, 15) is 4.79 Å². The highest BCUT2D eigenvalue weighted by atomic mass is 16.1. The lowest BCUT2D eigenvalue weighted by Gasteiger charge is -2.14. The first-order chi connectivity index (χ1) is 10.5. The van der Waals surface area contributed by atoms with E-state index in [1.807, 2.05) is 31.2 Å². The number of anilines is 1. The number of aryl methyl sites for hydroxylation is 2. The van der Waals surface area contributed by atoms with Gasteiger partial charge in [-0.05, 0) is 51.8 Å². The van der Waals surface area contributed by atoms with Crippen LogP contribution in [0.2, 0.25) is 0 Å². The van der Waals surface area contributed by atoms with Gasteiger partial charge in [0.05, 0.1) is 6.54 Å². The fourth-order valence-corrected chi connectivity index (χ4v) is 3.13. The zero-order valence-electron chi connectivity index (χ0n) is 14.2. The summed E-state index contributed by atoms with van der Waals surface area (Å²) in [6, 6.07) is 10.5. The second-order valence-corrected chi connectivity index (χ2v) is 6.04. The number of nitrogens with one attached hydrogen (secondary N) is 1. The van der Waals surface area contributed by atoms with Gasteiger partial charge in [0.15, 0.2) is 5.78 Å².